The van der Waals surface area contributed by atoms with E-state index >= 15 is 0 Å². The second-order valence-electron chi connectivity index (χ2n) is 8.66. The average molecular weight is 538 g/mol. The van der Waals surface area contributed by atoms with Crippen molar-refractivity contribution < 1.29 is 9.15 Å². The summed E-state index contributed by atoms with van der Waals surface area (Å²) in [6.45, 7) is 9.28. The average Bonchev–Trinajstić information content (AvgIpc) is 3.50. The van der Waals surface area contributed by atoms with Crippen LogP contribution in [0.4, 0.5) is 0 Å². The van der Waals surface area contributed by atoms with E-state index in [1.54, 1.807) is 6.26 Å². The molecule has 31 heavy (non-hydrogen) atoms. The highest BCUT2D eigenvalue weighted by atomic mass is 127. The minimum absolute atomic E-state index is 0. The first kappa shape index (κ1) is 24.1. The van der Waals surface area contributed by atoms with Crippen molar-refractivity contribution in [3.8, 4) is 0 Å². The van der Waals surface area contributed by atoms with E-state index in [4.69, 9.17) is 14.1 Å². The lowest BCUT2D eigenvalue weighted by molar-refractivity contribution is 0.156. The Morgan fingerprint density at radius 1 is 1.16 bits per heavy atom. The maximum atomic E-state index is 5.69. The molecule has 1 unspecified atom stereocenters. The van der Waals surface area contributed by atoms with Gasteiger partial charge < -0.3 is 19.4 Å². The zero-order chi connectivity index (χ0) is 20.8. The van der Waals surface area contributed by atoms with Crippen molar-refractivity contribution in [3.63, 3.8) is 0 Å². The van der Waals surface area contributed by atoms with Gasteiger partial charge in [-0.2, -0.15) is 0 Å². The normalized spacial score (nSPS) is 21.1. The van der Waals surface area contributed by atoms with Gasteiger partial charge in [-0.15, -0.1) is 24.0 Å². The van der Waals surface area contributed by atoms with Crippen LogP contribution in [0, 0.1) is 5.41 Å². The van der Waals surface area contributed by atoms with Crippen LogP contribution in [0.3, 0.4) is 0 Å². The summed E-state index contributed by atoms with van der Waals surface area (Å²) >= 11 is 0. The molecule has 2 fully saturated rings. The van der Waals surface area contributed by atoms with Gasteiger partial charge in [0.2, 0.25) is 0 Å². The molecule has 2 aliphatic heterocycles. The molecule has 1 N–H and O–H groups in total. The van der Waals surface area contributed by atoms with Crippen LogP contribution in [0.5, 0.6) is 0 Å². The van der Waals surface area contributed by atoms with Crippen molar-refractivity contribution in [2.75, 3.05) is 39.9 Å². The number of hydrogen-bond donors (Lipinski definition) is 1. The molecule has 0 aliphatic carbocycles. The van der Waals surface area contributed by atoms with Crippen molar-refractivity contribution in [2.24, 2.45) is 10.4 Å². The molecule has 0 amide bonds. The van der Waals surface area contributed by atoms with Gasteiger partial charge in [-0.1, -0.05) is 24.3 Å². The fraction of sp³-hybridized carbons (Fsp3) is 0.542. The predicted molar refractivity (Wildman–Crippen MR) is 135 cm³/mol. The van der Waals surface area contributed by atoms with Crippen molar-refractivity contribution in [1.82, 2.24) is 15.1 Å². The third-order valence-corrected chi connectivity index (χ3v) is 6.22. The van der Waals surface area contributed by atoms with Crippen molar-refractivity contribution in [1.29, 1.82) is 0 Å². The Balaban J connectivity index is 0.00000272. The Morgan fingerprint density at radius 3 is 2.71 bits per heavy atom. The standard InChI is InChI=1S/C24H34N4O2.HI/c1-3-25-23(28-12-10-24(18-28)11-14-29-19-24)26-15-20-7-4-5-8-21(20)16-27(2)17-22-9-6-13-30-22;/h4-9,13H,3,10-12,14-19H2,1-2H3,(H,25,26);1H. The van der Waals surface area contributed by atoms with Crippen LogP contribution in [-0.4, -0.2) is 55.7 Å². The minimum atomic E-state index is 0. The quantitative estimate of drug-likeness (QED) is 0.327. The molecule has 0 radical (unpaired) electrons. The van der Waals surface area contributed by atoms with Gasteiger partial charge in [0.05, 0.1) is 26.0 Å². The fourth-order valence-corrected chi connectivity index (χ4v) is 4.55. The van der Waals surface area contributed by atoms with Gasteiger partial charge in [0.15, 0.2) is 5.96 Å². The fourth-order valence-electron chi connectivity index (χ4n) is 4.55. The Bertz CT molecular complexity index is 834. The zero-order valence-electron chi connectivity index (χ0n) is 18.7. The summed E-state index contributed by atoms with van der Waals surface area (Å²) in [5, 5.41) is 3.50. The molecule has 1 aromatic carbocycles. The van der Waals surface area contributed by atoms with Crippen LogP contribution in [0.1, 0.15) is 36.7 Å². The van der Waals surface area contributed by atoms with Crippen LogP contribution in [-0.2, 0) is 24.4 Å². The molecule has 1 aromatic heterocycles. The number of nitrogens with zero attached hydrogens (tertiary/aromatic N) is 3. The molecule has 6 nitrogen and oxygen atoms in total. The highest BCUT2D eigenvalue weighted by Crippen LogP contribution is 2.38. The van der Waals surface area contributed by atoms with Crippen LogP contribution < -0.4 is 5.32 Å². The summed E-state index contributed by atoms with van der Waals surface area (Å²) in [6, 6.07) is 12.6. The van der Waals surface area contributed by atoms with E-state index in [2.05, 4.69) is 53.4 Å². The summed E-state index contributed by atoms with van der Waals surface area (Å²) in [5.41, 5.74) is 2.92. The molecule has 1 spiro atoms. The largest absolute Gasteiger partial charge is 0.468 e. The molecule has 2 aliphatic rings. The van der Waals surface area contributed by atoms with Gasteiger partial charge >= 0.3 is 0 Å². The second-order valence-corrected chi connectivity index (χ2v) is 8.66. The number of halogens is 1. The third-order valence-electron chi connectivity index (χ3n) is 6.22. The number of hydrogen-bond acceptors (Lipinski definition) is 4. The Kier molecular flexibility index (Phi) is 8.80. The van der Waals surface area contributed by atoms with E-state index in [0.29, 0.717) is 12.0 Å². The molecule has 4 rings (SSSR count). The lowest BCUT2D eigenvalue weighted by Crippen LogP contribution is -2.41. The lowest BCUT2D eigenvalue weighted by atomic mass is 9.87. The van der Waals surface area contributed by atoms with Crippen LogP contribution in [0.25, 0.3) is 0 Å². The second kappa shape index (κ2) is 11.3. The summed E-state index contributed by atoms with van der Waals surface area (Å²) in [4.78, 5) is 9.71. The van der Waals surface area contributed by atoms with Gasteiger partial charge in [-0.25, -0.2) is 4.99 Å². The van der Waals surface area contributed by atoms with E-state index in [-0.39, 0.29) is 24.0 Å². The first-order chi connectivity index (χ1) is 14.7. The summed E-state index contributed by atoms with van der Waals surface area (Å²) < 4.78 is 11.2. The smallest absolute Gasteiger partial charge is 0.194 e. The molecule has 170 valence electrons. The molecule has 2 aromatic rings. The molecule has 1 atom stereocenters. The number of benzene rings is 1. The number of nitrogens with one attached hydrogen (secondary N) is 1. The summed E-state index contributed by atoms with van der Waals surface area (Å²) in [6.07, 6.45) is 4.10. The first-order valence-electron chi connectivity index (χ1n) is 11.1. The van der Waals surface area contributed by atoms with Crippen molar-refractivity contribution in [2.45, 2.75) is 39.4 Å². The number of rotatable bonds is 7. The molecule has 2 saturated heterocycles. The number of furan rings is 1. The number of guanidine groups is 1. The minimum Gasteiger partial charge on any atom is -0.468 e. The van der Waals surface area contributed by atoms with E-state index in [0.717, 1.165) is 57.7 Å². The summed E-state index contributed by atoms with van der Waals surface area (Å²) in [7, 11) is 2.12. The van der Waals surface area contributed by atoms with Gasteiger partial charge in [0, 0.05) is 38.2 Å². The Hall–Kier alpha value is -1.58. The molecule has 0 saturated carbocycles. The molecule has 7 heteroatoms. The maximum absolute atomic E-state index is 5.69. The monoisotopic (exact) mass is 538 g/mol. The topological polar surface area (TPSA) is 53.2 Å². The first-order valence-corrected chi connectivity index (χ1v) is 11.1. The lowest BCUT2D eigenvalue weighted by Gasteiger charge is -2.25. The highest BCUT2D eigenvalue weighted by Gasteiger charge is 2.42. The summed E-state index contributed by atoms with van der Waals surface area (Å²) in [5.74, 6) is 2.02. The van der Waals surface area contributed by atoms with E-state index < -0.39 is 0 Å². The van der Waals surface area contributed by atoms with E-state index in [1.807, 2.05) is 12.1 Å². The Labute approximate surface area is 203 Å². The number of ether oxygens (including phenoxy) is 1. The maximum Gasteiger partial charge on any atom is 0.194 e. The van der Waals surface area contributed by atoms with Gasteiger partial charge in [0.1, 0.15) is 5.76 Å². The Morgan fingerprint density at radius 2 is 2.00 bits per heavy atom. The van der Waals surface area contributed by atoms with Crippen LogP contribution in [0.2, 0.25) is 0 Å². The van der Waals surface area contributed by atoms with Crippen molar-refractivity contribution >= 4 is 29.9 Å². The highest BCUT2D eigenvalue weighted by molar-refractivity contribution is 14.0. The molecule has 3 heterocycles. The zero-order valence-corrected chi connectivity index (χ0v) is 21.0. The van der Waals surface area contributed by atoms with Crippen LogP contribution in [0.15, 0.2) is 52.1 Å². The molecule has 0 bridgehead atoms. The van der Waals surface area contributed by atoms with Gasteiger partial charge in [0.25, 0.3) is 0 Å². The SMILES string of the molecule is CCNC(=NCc1ccccc1CN(C)Cc1ccco1)N1CCC2(CCOC2)C1.I. The predicted octanol–water partition coefficient (Wildman–Crippen LogP) is 4.11. The van der Waals surface area contributed by atoms with E-state index in [1.165, 1.54) is 24.0 Å². The van der Waals surface area contributed by atoms with Crippen molar-refractivity contribution in [3.05, 3.63) is 59.5 Å². The number of likely N-dealkylation sites (tertiary alicyclic amines) is 1. The van der Waals surface area contributed by atoms with E-state index in [9.17, 15) is 0 Å². The third kappa shape index (κ3) is 6.23. The number of aliphatic imine (C=N–C) groups is 1. The molecular weight excluding hydrogens is 503 g/mol. The van der Waals surface area contributed by atoms with Gasteiger partial charge in [-0.05, 0) is 50.1 Å². The van der Waals surface area contributed by atoms with Gasteiger partial charge in [-0.3, -0.25) is 4.90 Å². The molecular formula is C24H35IN4O2. The van der Waals surface area contributed by atoms with Crippen LogP contribution >= 0.6 is 24.0 Å².